The summed E-state index contributed by atoms with van der Waals surface area (Å²) in [5, 5.41) is 11.5. The third kappa shape index (κ3) is 5.69. The minimum absolute atomic E-state index is 0.209. The SMILES string of the molecule is Cc1ccc(CNC(=O)N(CC(=O)O)CC(C)C)cn1. The van der Waals surface area contributed by atoms with E-state index in [1.807, 2.05) is 32.9 Å². The van der Waals surface area contributed by atoms with E-state index in [1.165, 1.54) is 4.90 Å². The van der Waals surface area contributed by atoms with Crippen molar-refractivity contribution in [3.63, 3.8) is 0 Å². The third-order valence-electron chi connectivity index (χ3n) is 2.62. The van der Waals surface area contributed by atoms with Gasteiger partial charge in [0.2, 0.25) is 0 Å². The molecule has 1 rings (SSSR count). The van der Waals surface area contributed by atoms with Gasteiger partial charge in [-0.3, -0.25) is 9.78 Å². The largest absolute Gasteiger partial charge is 0.480 e. The van der Waals surface area contributed by atoms with Crippen LogP contribution < -0.4 is 5.32 Å². The highest BCUT2D eigenvalue weighted by Gasteiger charge is 2.17. The summed E-state index contributed by atoms with van der Waals surface area (Å²) in [5.41, 5.74) is 1.79. The molecule has 0 aromatic carbocycles. The predicted octanol–water partition coefficient (Wildman–Crippen LogP) is 1.64. The monoisotopic (exact) mass is 279 g/mol. The van der Waals surface area contributed by atoms with Crippen LogP contribution in [0, 0.1) is 12.8 Å². The van der Waals surface area contributed by atoms with E-state index in [0.717, 1.165) is 11.3 Å². The maximum atomic E-state index is 12.0. The van der Waals surface area contributed by atoms with Gasteiger partial charge in [0.1, 0.15) is 6.54 Å². The number of carboxylic acids is 1. The van der Waals surface area contributed by atoms with Gasteiger partial charge in [-0.15, -0.1) is 0 Å². The van der Waals surface area contributed by atoms with Gasteiger partial charge < -0.3 is 15.3 Å². The van der Waals surface area contributed by atoms with E-state index in [9.17, 15) is 9.59 Å². The van der Waals surface area contributed by atoms with Gasteiger partial charge in [0.25, 0.3) is 0 Å². The Morgan fingerprint density at radius 3 is 2.60 bits per heavy atom. The molecule has 1 aromatic heterocycles. The molecule has 0 saturated heterocycles. The van der Waals surface area contributed by atoms with Crippen LogP contribution in [0.1, 0.15) is 25.1 Å². The van der Waals surface area contributed by atoms with Crippen LogP contribution in [0.25, 0.3) is 0 Å². The summed E-state index contributed by atoms with van der Waals surface area (Å²) >= 11 is 0. The second-order valence-electron chi connectivity index (χ2n) is 5.13. The normalized spacial score (nSPS) is 10.4. The molecular weight excluding hydrogens is 258 g/mol. The average Bonchev–Trinajstić information content (AvgIpc) is 2.36. The fourth-order valence-corrected chi connectivity index (χ4v) is 1.72. The topological polar surface area (TPSA) is 82.5 Å². The fraction of sp³-hybridized carbons (Fsp3) is 0.500. The second-order valence-corrected chi connectivity index (χ2v) is 5.13. The lowest BCUT2D eigenvalue weighted by Crippen LogP contribution is -2.44. The predicted molar refractivity (Wildman–Crippen MR) is 75.3 cm³/mol. The molecule has 2 N–H and O–H groups in total. The van der Waals surface area contributed by atoms with Gasteiger partial charge in [0.15, 0.2) is 0 Å². The summed E-state index contributed by atoms with van der Waals surface area (Å²) < 4.78 is 0. The van der Waals surface area contributed by atoms with E-state index in [0.29, 0.717) is 13.1 Å². The highest BCUT2D eigenvalue weighted by Crippen LogP contribution is 2.02. The number of pyridine rings is 1. The Labute approximate surface area is 118 Å². The number of aryl methyl sites for hydroxylation is 1. The summed E-state index contributed by atoms with van der Waals surface area (Å²) in [6.45, 7) is 6.21. The van der Waals surface area contributed by atoms with Crippen LogP contribution >= 0.6 is 0 Å². The van der Waals surface area contributed by atoms with Crippen LogP contribution in [0.15, 0.2) is 18.3 Å². The number of aliphatic carboxylic acids is 1. The highest BCUT2D eigenvalue weighted by atomic mass is 16.4. The molecule has 6 heteroatoms. The number of amides is 2. The van der Waals surface area contributed by atoms with Crippen LogP contribution in [-0.4, -0.2) is 40.1 Å². The van der Waals surface area contributed by atoms with Gasteiger partial charge in [-0.2, -0.15) is 0 Å². The van der Waals surface area contributed by atoms with E-state index in [-0.39, 0.29) is 18.5 Å². The van der Waals surface area contributed by atoms with Gasteiger partial charge in [-0.05, 0) is 24.5 Å². The second kappa shape index (κ2) is 7.47. The van der Waals surface area contributed by atoms with E-state index < -0.39 is 5.97 Å². The van der Waals surface area contributed by atoms with Crippen molar-refractivity contribution in [1.82, 2.24) is 15.2 Å². The number of carbonyl (C=O) groups is 2. The molecule has 6 nitrogen and oxygen atoms in total. The summed E-state index contributed by atoms with van der Waals surface area (Å²) in [5.74, 6) is -0.807. The van der Waals surface area contributed by atoms with Gasteiger partial charge in [-0.25, -0.2) is 4.79 Å². The van der Waals surface area contributed by atoms with Crippen molar-refractivity contribution >= 4 is 12.0 Å². The number of carboxylic acid groups (broad SMARTS) is 1. The van der Waals surface area contributed by atoms with Crippen molar-refractivity contribution in [2.75, 3.05) is 13.1 Å². The Balaban J connectivity index is 2.56. The van der Waals surface area contributed by atoms with Crippen LogP contribution in [-0.2, 0) is 11.3 Å². The molecule has 0 radical (unpaired) electrons. The zero-order chi connectivity index (χ0) is 15.1. The minimum Gasteiger partial charge on any atom is -0.480 e. The maximum Gasteiger partial charge on any atom is 0.323 e. The van der Waals surface area contributed by atoms with Crippen LogP contribution in [0.2, 0.25) is 0 Å². The maximum absolute atomic E-state index is 12.0. The van der Waals surface area contributed by atoms with Crippen LogP contribution in [0.3, 0.4) is 0 Å². The van der Waals surface area contributed by atoms with Gasteiger partial charge in [0.05, 0.1) is 0 Å². The highest BCUT2D eigenvalue weighted by molar-refractivity contribution is 5.80. The molecule has 2 amide bonds. The van der Waals surface area contributed by atoms with E-state index in [2.05, 4.69) is 10.3 Å². The van der Waals surface area contributed by atoms with E-state index in [4.69, 9.17) is 5.11 Å². The molecule has 110 valence electrons. The van der Waals surface area contributed by atoms with Crippen molar-refractivity contribution in [2.24, 2.45) is 5.92 Å². The van der Waals surface area contributed by atoms with Crippen molar-refractivity contribution < 1.29 is 14.7 Å². The lowest BCUT2D eigenvalue weighted by atomic mass is 10.2. The molecule has 0 fully saturated rings. The number of hydrogen-bond acceptors (Lipinski definition) is 3. The zero-order valence-electron chi connectivity index (χ0n) is 12.1. The van der Waals surface area contributed by atoms with Gasteiger partial charge in [-0.1, -0.05) is 19.9 Å². The minimum atomic E-state index is -1.02. The number of rotatable bonds is 6. The fourth-order valence-electron chi connectivity index (χ4n) is 1.72. The average molecular weight is 279 g/mol. The Morgan fingerprint density at radius 2 is 2.10 bits per heavy atom. The number of carbonyl (C=O) groups excluding carboxylic acids is 1. The number of nitrogens with one attached hydrogen (secondary N) is 1. The zero-order valence-corrected chi connectivity index (χ0v) is 12.1. The quantitative estimate of drug-likeness (QED) is 0.829. The molecular formula is C14H21N3O3. The Kier molecular flexibility index (Phi) is 5.96. The number of urea groups is 1. The van der Waals surface area contributed by atoms with E-state index >= 15 is 0 Å². The van der Waals surface area contributed by atoms with Crippen molar-refractivity contribution in [3.8, 4) is 0 Å². The molecule has 0 aliphatic rings. The van der Waals surface area contributed by atoms with Crippen LogP contribution in [0.5, 0.6) is 0 Å². The molecule has 1 heterocycles. The smallest absolute Gasteiger partial charge is 0.323 e. The standard InChI is InChI=1S/C14H21N3O3/c1-10(2)8-17(9-13(18)19)14(20)16-7-12-5-4-11(3)15-6-12/h4-6,10H,7-9H2,1-3H3,(H,16,20)(H,18,19). The molecule has 0 aliphatic carbocycles. The summed E-state index contributed by atoms with van der Waals surface area (Å²) in [4.78, 5) is 28.2. The summed E-state index contributed by atoms with van der Waals surface area (Å²) in [6.07, 6.45) is 1.69. The Hall–Kier alpha value is -2.11. The van der Waals surface area contributed by atoms with Gasteiger partial charge in [0, 0.05) is 25.0 Å². The molecule has 20 heavy (non-hydrogen) atoms. The molecule has 0 unspecified atom stereocenters. The van der Waals surface area contributed by atoms with E-state index in [1.54, 1.807) is 6.20 Å². The molecule has 1 aromatic rings. The van der Waals surface area contributed by atoms with Crippen LogP contribution in [0.4, 0.5) is 4.79 Å². The third-order valence-corrected chi connectivity index (χ3v) is 2.62. The van der Waals surface area contributed by atoms with Crippen molar-refractivity contribution in [2.45, 2.75) is 27.3 Å². The van der Waals surface area contributed by atoms with Gasteiger partial charge >= 0.3 is 12.0 Å². The number of hydrogen-bond donors (Lipinski definition) is 2. The lowest BCUT2D eigenvalue weighted by molar-refractivity contribution is -0.137. The first-order chi connectivity index (χ1) is 9.38. The first-order valence-electron chi connectivity index (χ1n) is 6.54. The Morgan fingerprint density at radius 1 is 1.40 bits per heavy atom. The first-order valence-corrected chi connectivity index (χ1v) is 6.54. The summed E-state index contributed by atoms with van der Waals surface area (Å²) in [7, 11) is 0. The summed E-state index contributed by atoms with van der Waals surface area (Å²) in [6, 6.07) is 3.37. The molecule has 0 spiro atoms. The first kappa shape index (κ1) is 15.9. The molecule has 0 aliphatic heterocycles. The number of aromatic nitrogens is 1. The molecule has 0 bridgehead atoms. The molecule has 0 saturated carbocycles. The van der Waals surface area contributed by atoms with Crippen molar-refractivity contribution in [3.05, 3.63) is 29.6 Å². The molecule has 0 atom stereocenters. The van der Waals surface area contributed by atoms with Crippen molar-refractivity contribution in [1.29, 1.82) is 0 Å². The Bertz CT molecular complexity index is 457. The number of nitrogens with zero attached hydrogens (tertiary/aromatic N) is 2. The lowest BCUT2D eigenvalue weighted by Gasteiger charge is -2.23.